The number of piperidine rings is 1. The molecule has 0 aromatic carbocycles. The van der Waals surface area contributed by atoms with Crippen molar-refractivity contribution in [1.29, 1.82) is 0 Å². The van der Waals surface area contributed by atoms with E-state index in [9.17, 15) is 14.7 Å². The molecule has 1 aliphatic heterocycles. The highest BCUT2D eigenvalue weighted by atomic mass is 32.1. The summed E-state index contributed by atoms with van der Waals surface area (Å²) in [7, 11) is 0. The number of hydrogen-bond acceptors (Lipinski definition) is 4. The minimum Gasteiger partial charge on any atom is -0.481 e. The third kappa shape index (κ3) is 3.72. The Morgan fingerprint density at radius 2 is 2.33 bits per heavy atom. The van der Waals surface area contributed by atoms with Crippen molar-refractivity contribution in [3.63, 3.8) is 0 Å². The molecule has 116 valence electrons. The van der Waals surface area contributed by atoms with E-state index < -0.39 is 11.4 Å². The van der Waals surface area contributed by atoms with Gasteiger partial charge in [0.05, 0.1) is 12.0 Å². The first-order valence-corrected chi connectivity index (χ1v) is 7.96. The Bertz CT molecular complexity index is 531. The van der Waals surface area contributed by atoms with Crippen LogP contribution in [0.15, 0.2) is 6.20 Å². The van der Waals surface area contributed by atoms with Gasteiger partial charge in [0.25, 0.3) is 0 Å². The molecule has 1 aromatic heterocycles. The topological polar surface area (TPSA) is 82.5 Å². The number of carbonyl (C=O) groups excluding carboxylic acids is 1. The van der Waals surface area contributed by atoms with E-state index in [2.05, 4.69) is 17.2 Å². The van der Waals surface area contributed by atoms with Crippen molar-refractivity contribution in [3.05, 3.63) is 16.1 Å². The van der Waals surface area contributed by atoms with Crippen LogP contribution in [-0.2, 0) is 17.8 Å². The molecule has 1 atom stereocenters. The van der Waals surface area contributed by atoms with Crippen LogP contribution in [0.25, 0.3) is 0 Å². The normalized spacial score (nSPS) is 22.1. The Morgan fingerprint density at radius 3 is 2.95 bits per heavy atom. The number of carboxylic acid groups (broad SMARTS) is 1. The largest absolute Gasteiger partial charge is 0.481 e. The van der Waals surface area contributed by atoms with Gasteiger partial charge in [0, 0.05) is 24.2 Å². The molecule has 2 rings (SSSR count). The fourth-order valence-corrected chi connectivity index (χ4v) is 3.25. The molecule has 2 amide bonds. The summed E-state index contributed by atoms with van der Waals surface area (Å²) in [6, 6.07) is -0.213. The molecule has 0 radical (unpaired) electrons. The Labute approximate surface area is 128 Å². The fourth-order valence-electron chi connectivity index (χ4n) is 2.44. The molecule has 2 heterocycles. The summed E-state index contributed by atoms with van der Waals surface area (Å²) in [5.41, 5.74) is -0.841. The molecular formula is C14H21N3O3S. The van der Waals surface area contributed by atoms with Crippen LogP contribution >= 0.6 is 11.3 Å². The van der Waals surface area contributed by atoms with Gasteiger partial charge >= 0.3 is 12.0 Å². The minimum absolute atomic E-state index is 0.213. The Hall–Kier alpha value is -1.63. The summed E-state index contributed by atoms with van der Waals surface area (Å²) in [6.07, 6.45) is 4.09. The Morgan fingerprint density at radius 1 is 1.57 bits per heavy atom. The van der Waals surface area contributed by atoms with Crippen molar-refractivity contribution in [2.24, 2.45) is 5.41 Å². The van der Waals surface area contributed by atoms with Crippen molar-refractivity contribution in [1.82, 2.24) is 15.2 Å². The first-order chi connectivity index (χ1) is 9.94. The zero-order valence-corrected chi connectivity index (χ0v) is 13.2. The molecule has 0 spiro atoms. The molecule has 0 aliphatic carbocycles. The standard InChI is InChI=1S/C14H21N3O3S/c1-3-10-7-15-11(21-10)8-16-13(20)17-6-4-5-14(2,9-17)12(18)19/h7H,3-6,8-9H2,1-2H3,(H,16,20)(H,18,19). The number of hydrogen-bond donors (Lipinski definition) is 2. The maximum Gasteiger partial charge on any atom is 0.317 e. The van der Waals surface area contributed by atoms with Crippen LogP contribution in [-0.4, -0.2) is 40.1 Å². The van der Waals surface area contributed by atoms with E-state index in [1.54, 1.807) is 23.2 Å². The minimum atomic E-state index is -0.841. The number of urea groups is 1. The molecule has 1 aromatic rings. The first-order valence-electron chi connectivity index (χ1n) is 7.14. The van der Waals surface area contributed by atoms with Gasteiger partial charge in [-0.15, -0.1) is 11.3 Å². The van der Waals surface area contributed by atoms with Gasteiger partial charge in [-0.2, -0.15) is 0 Å². The first kappa shape index (κ1) is 15.8. The van der Waals surface area contributed by atoms with Crippen LogP contribution in [0.1, 0.15) is 36.6 Å². The van der Waals surface area contributed by atoms with Crippen LogP contribution < -0.4 is 5.32 Å². The third-order valence-electron chi connectivity index (χ3n) is 3.84. The fraction of sp³-hybridized carbons (Fsp3) is 0.643. The van der Waals surface area contributed by atoms with Gasteiger partial charge in [-0.3, -0.25) is 4.79 Å². The highest BCUT2D eigenvalue weighted by Crippen LogP contribution is 2.29. The van der Waals surface area contributed by atoms with Crippen molar-refractivity contribution in [3.8, 4) is 0 Å². The number of nitrogens with one attached hydrogen (secondary N) is 1. The number of likely N-dealkylation sites (tertiary alicyclic amines) is 1. The number of thiazole rings is 1. The Balaban J connectivity index is 1.89. The van der Waals surface area contributed by atoms with Gasteiger partial charge in [-0.1, -0.05) is 6.92 Å². The molecule has 2 N–H and O–H groups in total. The smallest absolute Gasteiger partial charge is 0.317 e. The lowest BCUT2D eigenvalue weighted by Crippen LogP contribution is -2.51. The highest BCUT2D eigenvalue weighted by molar-refractivity contribution is 7.11. The SMILES string of the molecule is CCc1cnc(CNC(=O)N2CCCC(C)(C(=O)O)C2)s1. The predicted molar refractivity (Wildman–Crippen MR) is 80.3 cm³/mol. The maximum absolute atomic E-state index is 12.2. The molecule has 0 bridgehead atoms. The maximum atomic E-state index is 12.2. The summed E-state index contributed by atoms with van der Waals surface area (Å²) in [4.78, 5) is 30.5. The number of nitrogens with zero attached hydrogens (tertiary/aromatic N) is 2. The van der Waals surface area contributed by atoms with E-state index >= 15 is 0 Å². The van der Waals surface area contributed by atoms with E-state index in [-0.39, 0.29) is 12.6 Å². The van der Waals surface area contributed by atoms with Crippen molar-refractivity contribution in [2.75, 3.05) is 13.1 Å². The van der Waals surface area contributed by atoms with Gasteiger partial charge in [0.15, 0.2) is 0 Å². The molecule has 0 saturated carbocycles. The van der Waals surface area contributed by atoms with Gasteiger partial charge < -0.3 is 15.3 Å². The van der Waals surface area contributed by atoms with E-state index in [1.165, 1.54) is 4.88 Å². The van der Waals surface area contributed by atoms with Crippen LogP contribution in [0.5, 0.6) is 0 Å². The summed E-state index contributed by atoms with van der Waals surface area (Å²) < 4.78 is 0. The predicted octanol–water partition coefficient (Wildman–Crippen LogP) is 2.10. The van der Waals surface area contributed by atoms with Crippen LogP contribution in [0.3, 0.4) is 0 Å². The summed E-state index contributed by atoms with van der Waals surface area (Å²) in [5.74, 6) is -0.840. The van der Waals surface area contributed by atoms with Crippen molar-refractivity contribution < 1.29 is 14.7 Å². The summed E-state index contributed by atoms with van der Waals surface area (Å²) >= 11 is 1.59. The number of carbonyl (C=O) groups is 2. The lowest BCUT2D eigenvalue weighted by atomic mass is 9.82. The molecule has 6 nitrogen and oxygen atoms in total. The second-order valence-electron chi connectivity index (χ2n) is 5.62. The average molecular weight is 311 g/mol. The lowest BCUT2D eigenvalue weighted by molar-refractivity contribution is -0.150. The zero-order valence-electron chi connectivity index (χ0n) is 12.4. The van der Waals surface area contributed by atoms with Crippen molar-refractivity contribution in [2.45, 2.75) is 39.7 Å². The molecule has 21 heavy (non-hydrogen) atoms. The Kier molecular flexibility index (Phi) is 4.82. The highest BCUT2D eigenvalue weighted by Gasteiger charge is 2.39. The van der Waals surface area contributed by atoms with Crippen LogP contribution in [0.4, 0.5) is 4.79 Å². The third-order valence-corrected chi connectivity index (χ3v) is 4.98. The molecule has 1 fully saturated rings. The lowest BCUT2D eigenvalue weighted by Gasteiger charge is -2.37. The number of aromatic nitrogens is 1. The average Bonchev–Trinajstić information content (AvgIpc) is 2.92. The van der Waals surface area contributed by atoms with Crippen molar-refractivity contribution >= 4 is 23.3 Å². The summed E-state index contributed by atoms with van der Waals surface area (Å²) in [5, 5.41) is 13.0. The van der Waals surface area contributed by atoms with Gasteiger partial charge in [0.1, 0.15) is 5.01 Å². The van der Waals surface area contributed by atoms with E-state index in [0.29, 0.717) is 25.9 Å². The van der Waals surface area contributed by atoms with E-state index in [0.717, 1.165) is 11.4 Å². The molecule has 1 saturated heterocycles. The molecular weight excluding hydrogens is 290 g/mol. The van der Waals surface area contributed by atoms with Gasteiger partial charge in [-0.05, 0) is 26.2 Å². The second-order valence-corrected chi connectivity index (χ2v) is 6.82. The molecule has 1 unspecified atom stereocenters. The van der Waals surface area contributed by atoms with Gasteiger partial charge in [-0.25, -0.2) is 9.78 Å². The number of aliphatic carboxylic acids is 1. The quantitative estimate of drug-likeness (QED) is 0.892. The monoisotopic (exact) mass is 311 g/mol. The number of aryl methyl sites for hydroxylation is 1. The van der Waals surface area contributed by atoms with Crippen LogP contribution in [0, 0.1) is 5.41 Å². The molecule has 1 aliphatic rings. The number of amides is 2. The van der Waals surface area contributed by atoms with Gasteiger partial charge in [0.2, 0.25) is 0 Å². The van der Waals surface area contributed by atoms with Crippen LogP contribution in [0.2, 0.25) is 0 Å². The van der Waals surface area contributed by atoms with E-state index in [1.807, 2.05) is 6.20 Å². The molecule has 7 heteroatoms. The summed E-state index contributed by atoms with van der Waals surface area (Å²) in [6.45, 7) is 5.02. The number of carboxylic acids is 1. The number of rotatable bonds is 4. The zero-order chi connectivity index (χ0) is 15.5. The second kappa shape index (κ2) is 6.43. The van der Waals surface area contributed by atoms with E-state index in [4.69, 9.17) is 0 Å².